The van der Waals surface area contributed by atoms with E-state index < -0.39 is 5.97 Å². The third kappa shape index (κ3) is 1.83. The van der Waals surface area contributed by atoms with Gasteiger partial charge in [-0.15, -0.1) is 0 Å². The van der Waals surface area contributed by atoms with Gasteiger partial charge in [-0.05, 0) is 40.5 Å². The van der Waals surface area contributed by atoms with Gasteiger partial charge in [0.05, 0.1) is 11.9 Å². The molecule has 98 valence electrons. The van der Waals surface area contributed by atoms with Crippen molar-refractivity contribution in [3.63, 3.8) is 0 Å². The fraction of sp³-hybridized carbons (Fsp3) is 0.231. The summed E-state index contributed by atoms with van der Waals surface area (Å²) in [5.74, 6) is -0.0944. The Morgan fingerprint density at radius 1 is 1.47 bits per heavy atom. The normalized spacial score (nSPS) is 11.5. The minimum Gasteiger partial charge on any atom is -0.481 e. The number of aryl methyl sites for hydroxylation is 2. The molecular formula is C13H12BrN3O2. The molecule has 0 spiro atoms. The van der Waals surface area contributed by atoms with Crippen molar-refractivity contribution in [1.29, 1.82) is 0 Å². The Kier molecular flexibility index (Phi) is 2.63. The van der Waals surface area contributed by atoms with E-state index >= 15 is 0 Å². The van der Waals surface area contributed by atoms with Crippen molar-refractivity contribution in [3.8, 4) is 0 Å². The summed E-state index contributed by atoms with van der Waals surface area (Å²) < 4.78 is 4.70. The third-order valence-electron chi connectivity index (χ3n) is 3.22. The van der Waals surface area contributed by atoms with Crippen molar-refractivity contribution < 1.29 is 9.90 Å². The molecular weight excluding hydrogens is 310 g/mol. The predicted molar refractivity (Wildman–Crippen MR) is 75.4 cm³/mol. The molecule has 3 rings (SSSR count). The number of rotatable bonds is 2. The lowest BCUT2D eigenvalue weighted by atomic mass is 10.2. The van der Waals surface area contributed by atoms with Gasteiger partial charge < -0.3 is 9.67 Å². The fourth-order valence-corrected chi connectivity index (χ4v) is 2.97. The van der Waals surface area contributed by atoms with Gasteiger partial charge in [0.15, 0.2) is 0 Å². The highest BCUT2D eigenvalue weighted by Crippen LogP contribution is 2.27. The Bertz CT molecular complexity index is 816. The molecule has 0 aliphatic rings. The van der Waals surface area contributed by atoms with Crippen LogP contribution in [0.2, 0.25) is 0 Å². The number of hydrogen-bond donors (Lipinski definition) is 1. The Hall–Kier alpha value is -1.82. The molecule has 1 aromatic carbocycles. The van der Waals surface area contributed by atoms with Crippen LogP contribution >= 0.6 is 15.9 Å². The molecule has 0 bridgehead atoms. The molecule has 2 aromatic heterocycles. The summed E-state index contributed by atoms with van der Waals surface area (Å²) >= 11 is 3.51. The van der Waals surface area contributed by atoms with Crippen LogP contribution in [-0.4, -0.2) is 25.0 Å². The maximum Gasteiger partial charge on any atom is 0.309 e. The zero-order valence-corrected chi connectivity index (χ0v) is 12.1. The number of aromatic nitrogens is 3. The van der Waals surface area contributed by atoms with Crippen LogP contribution in [0.5, 0.6) is 0 Å². The monoisotopic (exact) mass is 321 g/mol. The van der Waals surface area contributed by atoms with Crippen LogP contribution in [0.4, 0.5) is 0 Å². The molecule has 0 saturated heterocycles. The number of fused-ring (bicyclic) bond motifs is 3. The highest BCUT2D eigenvalue weighted by atomic mass is 79.9. The van der Waals surface area contributed by atoms with Gasteiger partial charge >= 0.3 is 5.97 Å². The van der Waals surface area contributed by atoms with Gasteiger partial charge in [-0.1, -0.05) is 0 Å². The number of imidazole rings is 2. The molecule has 5 nitrogen and oxygen atoms in total. The summed E-state index contributed by atoms with van der Waals surface area (Å²) in [7, 11) is 1.83. The maximum absolute atomic E-state index is 10.8. The summed E-state index contributed by atoms with van der Waals surface area (Å²) in [5.41, 5.74) is 3.73. The number of nitrogens with zero attached hydrogens (tertiary/aromatic N) is 3. The first kappa shape index (κ1) is 12.2. The quantitative estimate of drug-likeness (QED) is 0.789. The minimum absolute atomic E-state index is 0.00562. The van der Waals surface area contributed by atoms with Crippen molar-refractivity contribution >= 4 is 38.7 Å². The summed E-state index contributed by atoms with van der Waals surface area (Å²) in [6, 6.07) is 4.07. The molecule has 0 amide bonds. The molecule has 0 atom stereocenters. The molecule has 0 saturated carbocycles. The van der Waals surface area contributed by atoms with E-state index in [-0.39, 0.29) is 6.42 Å². The van der Waals surface area contributed by atoms with Gasteiger partial charge in [0.1, 0.15) is 5.52 Å². The Balaban J connectivity index is 2.34. The van der Waals surface area contributed by atoms with Gasteiger partial charge in [-0.3, -0.25) is 9.20 Å². The SMILES string of the molecule is Cc1cc(Br)c2nc3n(C)c(CC(=O)O)cn3c2c1. The second-order valence-electron chi connectivity index (χ2n) is 4.65. The number of halogens is 1. The van der Waals surface area contributed by atoms with Gasteiger partial charge in [-0.2, -0.15) is 0 Å². The highest BCUT2D eigenvalue weighted by molar-refractivity contribution is 9.10. The average molecular weight is 322 g/mol. The van der Waals surface area contributed by atoms with Crippen LogP contribution in [0.25, 0.3) is 16.8 Å². The standard InChI is InChI=1S/C13H12BrN3O2/c1-7-3-9(14)12-10(4-7)17-6-8(5-11(18)19)16(2)13(17)15-12/h3-4,6H,5H2,1-2H3,(H,18,19). The van der Waals surface area contributed by atoms with Crippen molar-refractivity contribution in [3.05, 3.63) is 34.1 Å². The van der Waals surface area contributed by atoms with E-state index in [4.69, 9.17) is 5.11 Å². The van der Waals surface area contributed by atoms with Crippen LogP contribution in [0.1, 0.15) is 11.3 Å². The summed E-state index contributed by atoms with van der Waals surface area (Å²) in [4.78, 5) is 15.4. The molecule has 0 radical (unpaired) electrons. The first-order valence-electron chi connectivity index (χ1n) is 5.81. The average Bonchev–Trinajstić information content (AvgIpc) is 2.79. The molecule has 19 heavy (non-hydrogen) atoms. The van der Waals surface area contributed by atoms with E-state index in [1.807, 2.05) is 41.3 Å². The molecule has 2 heterocycles. The lowest BCUT2D eigenvalue weighted by Gasteiger charge is -1.98. The number of aliphatic carboxylic acids is 1. The van der Waals surface area contributed by atoms with E-state index in [1.54, 1.807) is 0 Å². The smallest absolute Gasteiger partial charge is 0.309 e. The van der Waals surface area contributed by atoms with Gasteiger partial charge in [0.25, 0.3) is 0 Å². The Morgan fingerprint density at radius 3 is 2.89 bits per heavy atom. The molecule has 0 aliphatic heterocycles. The Labute approximate surface area is 117 Å². The second kappa shape index (κ2) is 4.09. The maximum atomic E-state index is 10.8. The van der Waals surface area contributed by atoms with Crippen LogP contribution in [-0.2, 0) is 18.3 Å². The molecule has 1 N–H and O–H groups in total. The van der Waals surface area contributed by atoms with E-state index in [0.717, 1.165) is 32.5 Å². The highest BCUT2D eigenvalue weighted by Gasteiger charge is 2.15. The lowest BCUT2D eigenvalue weighted by molar-refractivity contribution is -0.136. The van der Waals surface area contributed by atoms with E-state index in [0.29, 0.717) is 0 Å². The van der Waals surface area contributed by atoms with Gasteiger partial charge in [0.2, 0.25) is 5.78 Å². The molecule has 6 heteroatoms. The number of carboxylic acid groups (broad SMARTS) is 1. The molecule has 0 unspecified atom stereocenters. The van der Waals surface area contributed by atoms with Crippen LogP contribution in [0, 0.1) is 6.92 Å². The summed E-state index contributed by atoms with van der Waals surface area (Å²) in [6.07, 6.45) is 1.83. The predicted octanol–water partition coefficient (Wildman–Crippen LogP) is 2.52. The van der Waals surface area contributed by atoms with Crippen molar-refractivity contribution in [2.45, 2.75) is 13.3 Å². The van der Waals surface area contributed by atoms with Crippen LogP contribution in [0.3, 0.4) is 0 Å². The third-order valence-corrected chi connectivity index (χ3v) is 3.82. The first-order chi connectivity index (χ1) is 8.97. The second-order valence-corrected chi connectivity index (χ2v) is 5.50. The number of carbonyl (C=O) groups is 1. The lowest BCUT2D eigenvalue weighted by Crippen LogP contribution is -2.05. The van der Waals surface area contributed by atoms with Gasteiger partial charge in [0, 0.05) is 23.4 Å². The zero-order valence-electron chi connectivity index (χ0n) is 10.5. The minimum atomic E-state index is -0.842. The molecule has 0 fully saturated rings. The van der Waals surface area contributed by atoms with Crippen LogP contribution < -0.4 is 0 Å². The zero-order chi connectivity index (χ0) is 13.7. The van der Waals surface area contributed by atoms with Crippen molar-refractivity contribution in [2.75, 3.05) is 0 Å². The summed E-state index contributed by atoms with van der Waals surface area (Å²) in [6.45, 7) is 2.02. The van der Waals surface area contributed by atoms with Crippen LogP contribution in [0.15, 0.2) is 22.8 Å². The van der Waals surface area contributed by atoms with Gasteiger partial charge in [-0.25, -0.2) is 4.98 Å². The topological polar surface area (TPSA) is 59.5 Å². The van der Waals surface area contributed by atoms with E-state index in [2.05, 4.69) is 20.9 Å². The van der Waals surface area contributed by atoms with Crippen molar-refractivity contribution in [2.24, 2.45) is 7.05 Å². The van der Waals surface area contributed by atoms with E-state index in [9.17, 15) is 4.79 Å². The number of carboxylic acids is 1. The summed E-state index contributed by atoms with van der Waals surface area (Å²) in [5, 5.41) is 8.91. The largest absolute Gasteiger partial charge is 0.481 e. The fourth-order valence-electron chi connectivity index (χ4n) is 2.32. The molecule has 0 aliphatic carbocycles. The van der Waals surface area contributed by atoms with E-state index in [1.165, 1.54) is 0 Å². The van der Waals surface area contributed by atoms with Crippen molar-refractivity contribution in [1.82, 2.24) is 14.0 Å². The molecule has 3 aromatic rings. The number of benzene rings is 1. The Morgan fingerprint density at radius 2 is 2.21 bits per heavy atom. The first-order valence-corrected chi connectivity index (χ1v) is 6.61. The number of hydrogen-bond acceptors (Lipinski definition) is 2.